The SMILES string of the molecule is N[C@@H]1CCC[C@H]1CC(=O)Nc1ccc2c(c1)NC(=O)CC2. The monoisotopic (exact) mass is 287 g/mol. The number of carbonyl (C=O) groups is 2. The molecule has 1 aromatic rings. The number of fused-ring (bicyclic) bond motifs is 1. The molecule has 1 heterocycles. The van der Waals surface area contributed by atoms with Crippen molar-refractivity contribution in [2.24, 2.45) is 11.7 Å². The first-order valence-electron chi connectivity index (χ1n) is 7.60. The molecular weight excluding hydrogens is 266 g/mol. The summed E-state index contributed by atoms with van der Waals surface area (Å²) in [6.45, 7) is 0. The Morgan fingerprint density at radius 2 is 2.19 bits per heavy atom. The molecule has 2 atom stereocenters. The molecule has 4 N–H and O–H groups in total. The second-order valence-electron chi connectivity index (χ2n) is 6.03. The van der Waals surface area contributed by atoms with Crippen LogP contribution in [0.4, 0.5) is 11.4 Å². The van der Waals surface area contributed by atoms with Crippen molar-refractivity contribution in [2.45, 2.75) is 44.6 Å². The predicted octanol–water partition coefficient (Wildman–Crippen LogP) is 2.03. The quantitative estimate of drug-likeness (QED) is 0.795. The molecule has 2 amide bonds. The molecule has 1 aliphatic heterocycles. The van der Waals surface area contributed by atoms with Crippen molar-refractivity contribution in [3.63, 3.8) is 0 Å². The Bertz CT molecular complexity index is 571. The number of rotatable bonds is 3. The molecule has 112 valence electrons. The van der Waals surface area contributed by atoms with Crippen molar-refractivity contribution < 1.29 is 9.59 Å². The van der Waals surface area contributed by atoms with Crippen LogP contribution >= 0.6 is 0 Å². The molecule has 1 aliphatic carbocycles. The van der Waals surface area contributed by atoms with E-state index >= 15 is 0 Å². The fourth-order valence-corrected chi connectivity index (χ4v) is 3.22. The largest absolute Gasteiger partial charge is 0.327 e. The van der Waals surface area contributed by atoms with Crippen molar-refractivity contribution in [3.8, 4) is 0 Å². The van der Waals surface area contributed by atoms with Gasteiger partial charge in [0.15, 0.2) is 0 Å². The lowest BCUT2D eigenvalue weighted by Gasteiger charge is -2.18. The molecule has 5 nitrogen and oxygen atoms in total. The van der Waals surface area contributed by atoms with Crippen molar-refractivity contribution in [1.29, 1.82) is 0 Å². The zero-order valence-corrected chi connectivity index (χ0v) is 12.0. The van der Waals surface area contributed by atoms with Crippen LogP contribution in [0.3, 0.4) is 0 Å². The third kappa shape index (κ3) is 3.24. The van der Waals surface area contributed by atoms with E-state index < -0.39 is 0 Å². The lowest BCUT2D eigenvalue weighted by Crippen LogP contribution is -2.28. The van der Waals surface area contributed by atoms with Gasteiger partial charge in [-0.25, -0.2) is 0 Å². The molecule has 0 saturated heterocycles. The third-order valence-electron chi connectivity index (χ3n) is 4.45. The number of hydrogen-bond acceptors (Lipinski definition) is 3. The van der Waals surface area contributed by atoms with Gasteiger partial charge in [0, 0.05) is 30.3 Å². The number of aryl methyl sites for hydroxylation is 1. The van der Waals surface area contributed by atoms with E-state index in [0.717, 1.165) is 42.6 Å². The minimum atomic E-state index is -0.000522. The number of hydrogen-bond donors (Lipinski definition) is 3. The summed E-state index contributed by atoms with van der Waals surface area (Å²) in [5.74, 6) is 0.324. The maximum absolute atomic E-state index is 12.1. The van der Waals surface area contributed by atoms with Crippen molar-refractivity contribution >= 4 is 23.2 Å². The van der Waals surface area contributed by atoms with Gasteiger partial charge in [-0.1, -0.05) is 12.5 Å². The summed E-state index contributed by atoms with van der Waals surface area (Å²) in [4.78, 5) is 23.5. The Kier molecular flexibility index (Phi) is 3.92. The normalized spacial score (nSPS) is 24.3. The minimum Gasteiger partial charge on any atom is -0.327 e. The maximum Gasteiger partial charge on any atom is 0.224 e. The Balaban J connectivity index is 1.63. The Labute approximate surface area is 124 Å². The van der Waals surface area contributed by atoms with Gasteiger partial charge in [-0.2, -0.15) is 0 Å². The number of carbonyl (C=O) groups excluding carboxylic acids is 2. The van der Waals surface area contributed by atoms with E-state index in [1.165, 1.54) is 0 Å². The number of anilines is 2. The van der Waals surface area contributed by atoms with E-state index in [0.29, 0.717) is 18.8 Å². The summed E-state index contributed by atoms with van der Waals surface area (Å²) in [5.41, 5.74) is 8.65. The number of nitrogens with two attached hydrogens (primary N) is 1. The Hall–Kier alpha value is -1.88. The van der Waals surface area contributed by atoms with Gasteiger partial charge >= 0.3 is 0 Å². The van der Waals surface area contributed by atoms with Crippen LogP contribution < -0.4 is 16.4 Å². The molecule has 5 heteroatoms. The van der Waals surface area contributed by atoms with Crippen molar-refractivity contribution in [2.75, 3.05) is 10.6 Å². The smallest absolute Gasteiger partial charge is 0.224 e. The highest BCUT2D eigenvalue weighted by Gasteiger charge is 2.26. The highest BCUT2D eigenvalue weighted by molar-refractivity contribution is 5.96. The average molecular weight is 287 g/mol. The molecule has 21 heavy (non-hydrogen) atoms. The third-order valence-corrected chi connectivity index (χ3v) is 4.45. The number of amides is 2. The Morgan fingerprint density at radius 1 is 1.33 bits per heavy atom. The van der Waals surface area contributed by atoms with E-state index in [2.05, 4.69) is 10.6 Å². The first-order chi connectivity index (χ1) is 10.1. The van der Waals surface area contributed by atoms with E-state index in [1.54, 1.807) is 0 Å². The lowest BCUT2D eigenvalue weighted by atomic mass is 9.99. The zero-order valence-electron chi connectivity index (χ0n) is 12.0. The van der Waals surface area contributed by atoms with E-state index in [1.807, 2.05) is 18.2 Å². The number of benzene rings is 1. The Morgan fingerprint density at radius 3 is 2.95 bits per heavy atom. The molecule has 0 radical (unpaired) electrons. The fourth-order valence-electron chi connectivity index (χ4n) is 3.22. The summed E-state index contributed by atoms with van der Waals surface area (Å²) in [6.07, 6.45) is 4.93. The fraction of sp³-hybridized carbons (Fsp3) is 0.500. The van der Waals surface area contributed by atoms with Crippen LogP contribution in [0.15, 0.2) is 18.2 Å². The first kappa shape index (κ1) is 14.1. The topological polar surface area (TPSA) is 84.2 Å². The summed E-state index contributed by atoms with van der Waals surface area (Å²) in [6, 6.07) is 5.84. The summed E-state index contributed by atoms with van der Waals surface area (Å²) in [5, 5.41) is 5.75. The van der Waals surface area contributed by atoms with Gasteiger partial charge in [-0.05, 0) is 42.9 Å². The molecule has 1 aromatic carbocycles. The molecule has 0 unspecified atom stereocenters. The van der Waals surface area contributed by atoms with Gasteiger partial charge in [0.2, 0.25) is 11.8 Å². The highest BCUT2D eigenvalue weighted by Crippen LogP contribution is 2.28. The van der Waals surface area contributed by atoms with Crippen LogP contribution in [0, 0.1) is 5.92 Å². The van der Waals surface area contributed by atoms with E-state index in [4.69, 9.17) is 5.73 Å². The molecular formula is C16H21N3O2. The van der Waals surface area contributed by atoms with Crippen molar-refractivity contribution in [1.82, 2.24) is 0 Å². The van der Waals surface area contributed by atoms with E-state index in [-0.39, 0.29) is 17.9 Å². The lowest BCUT2D eigenvalue weighted by molar-refractivity contribution is -0.117. The summed E-state index contributed by atoms with van der Waals surface area (Å²) in [7, 11) is 0. The standard InChI is InChI=1S/C16H21N3O2/c17-13-3-1-2-11(13)8-16(21)18-12-6-4-10-5-7-15(20)19-14(10)9-12/h4,6,9,11,13H,1-3,5,7-8,17H2,(H,18,21)(H,19,20)/t11-,13+/m0/s1. The molecule has 1 fully saturated rings. The second-order valence-corrected chi connectivity index (χ2v) is 6.03. The van der Waals surface area contributed by atoms with E-state index in [9.17, 15) is 9.59 Å². The minimum absolute atomic E-state index is 0.000522. The van der Waals surface area contributed by atoms with Gasteiger partial charge in [0.25, 0.3) is 0 Å². The first-order valence-corrected chi connectivity index (χ1v) is 7.60. The van der Waals surface area contributed by atoms with Gasteiger partial charge in [-0.15, -0.1) is 0 Å². The van der Waals surface area contributed by atoms with Crippen LogP contribution in [0.1, 0.15) is 37.7 Å². The molecule has 1 saturated carbocycles. The number of nitrogens with one attached hydrogen (secondary N) is 2. The maximum atomic E-state index is 12.1. The van der Waals surface area contributed by atoms with Crippen LogP contribution in [-0.4, -0.2) is 17.9 Å². The predicted molar refractivity (Wildman–Crippen MR) is 82.0 cm³/mol. The zero-order chi connectivity index (χ0) is 14.8. The van der Waals surface area contributed by atoms with Gasteiger partial charge in [0.1, 0.15) is 0 Å². The molecule has 2 aliphatic rings. The van der Waals surface area contributed by atoms with Crippen LogP contribution in [0.5, 0.6) is 0 Å². The molecule has 0 aromatic heterocycles. The molecule has 0 bridgehead atoms. The average Bonchev–Trinajstić information content (AvgIpc) is 2.83. The van der Waals surface area contributed by atoms with Crippen LogP contribution in [-0.2, 0) is 16.0 Å². The molecule has 3 rings (SSSR count). The summed E-state index contributed by atoms with van der Waals surface area (Å²) >= 11 is 0. The van der Waals surface area contributed by atoms with Gasteiger partial charge in [0.05, 0.1) is 0 Å². The summed E-state index contributed by atoms with van der Waals surface area (Å²) < 4.78 is 0. The molecule has 0 spiro atoms. The van der Waals surface area contributed by atoms with Crippen LogP contribution in [0.2, 0.25) is 0 Å². The highest BCUT2D eigenvalue weighted by atomic mass is 16.2. The van der Waals surface area contributed by atoms with Gasteiger partial charge < -0.3 is 16.4 Å². The van der Waals surface area contributed by atoms with Gasteiger partial charge in [-0.3, -0.25) is 9.59 Å². The van der Waals surface area contributed by atoms with Crippen molar-refractivity contribution in [3.05, 3.63) is 23.8 Å². The van der Waals surface area contributed by atoms with Crippen LogP contribution in [0.25, 0.3) is 0 Å². The second kappa shape index (κ2) is 5.85.